The van der Waals surface area contributed by atoms with Crippen molar-refractivity contribution in [3.05, 3.63) is 69.0 Å². The lowest BCUT2D eigenvalue weighted by molar-refractivity contribution is -0.115. The van der Waals surface area contributed by atoms with Crippen molar-refractivity contribution in [3.8, 4) is 10.6 Å². The largest absolute Gasteiger partial charge is 0.325 e. The summed E-state index contributed by atoms with van der Waals surface area (Å²) in [6, 6.07) is 13.8. The molecule has 0 aliphatic heterocycles. The number of nitrogens with one attached hydrogen (secondary N) is 1. The number of carbonyl (C=O) groups is 1. The third kappa shape index (κ3) is 4.14. The summed E-state index contributed by atoms with van der Waals surface area (Å²) in [6.45, 7) is 0. The van der Waals surface area contributed by atoms with Gasteiger partial charge in [-0.1, -0.05) is 12.1 Å². The number of hydrogen-bond acceptors (Lipinski definition) is 3. The fourth-order valence-corrected chi connectivity index (χ4v) is 3.38. The number of amides is 1. The lowest BCUT2D eigenvalue weighted by Crippen LogP contribution is -2.15. The van der Waals surface area contributed by atoms with E-state index in [1.54, 1.807) is 12.1 Å². The Kier molecular flexibility index (Phi) is 5.02. The molecule has 0 radical (unpaired) electrons. The van der Waals surface area contributed by atoms with Crippen molar-refractivity contribution in [2.24, 2.45) is 0 Å². The minimum atomic E-state index is -0.276. The van der Waals surface area contributed by atoms with Crippen LogP contribution in [-0.2, 0) is 11.2 Å². The summed E-state index contributed by atoms with van der Waals surface area (Å²) in [7, 11) is 0. The lowest BCUT2D eigenvalue weighted by Gasteiger charge is -2.05. The zero-order valence-electron chi connectivity index (χ0n) is 11.9. The number of aromatic nitrogens is 1. The standard InChI is InChI=1S/C17H12FIN2OS/c18-12-7-5-11(6-8-12)17-20-13(10-23-17)9-16(22)21-15-4-2-1-3-14(15)19/h1-8,10H,9H2,(H,21,22). The molecule has 1 amide bonds. The van der Waals surface area contributed by atoms with Crippen LogP contribution in [0, 0.1) is 9.39 Å². The Morgan fingerprint density at radius 1 is 1.17 bits per heavy atom. The summed E-state index contributed by atoms with van der Waals surface area (Å²) >= 11 is 3.63. The number of benzene rings is 2. The van der Waals surface area contributed by atoms with E-state index in [2.05, 4.69) is 32.9 Å². The molecule has 0 aliphatic carbocycles. The van der Waals surface area contributed by atoms with Gasteiger partial charge in [0.25, 0.3) is 0 Å². The van der Waals surface area contributed by atoms with Crippen LogP contribution >= 0.6 is 33.9 Å². The third-order valence-corrected chi connectivity index (χ3v) is 5.01. The minimum Gasteiger partial charge on any atom is -0.325 e. The Labute approximate surface area is 150 Å². The molecule has 1 heterocycles. The summed E-state index contributed by atoms with van der Waals surface area (Å²) in [4.78, 5) is 16.6. The number of para-hydroxylation sites is 1. The molecule has 0 bridgehead atoms. The number of nitrogens with zero attached hydrogens (tertiary/aromatic N) is 1. The third-order valence-electron chi connectivity index (χ3n) is 3.13. The van der Waals surface area contributed by atoms with E-state index in [9.17, 15) is 9.18 Å². The Morgan fingerprint density at radius 3 is 2.65 bits per heavy atom. The normalized spacial score (nSPS) is 10.5. The molecule has 6 heteroatoms. The Bertz CT molecular complexity index is 833. The quantitative estimate of drug-likeness (QED) is 0.599. The molecule has 0 fully saturated rings. The van der Waals surface area contributed by atoms with Crippen LogP contribution in [0.1, 0.15) is 5.69 Å². The van der Waals surface area contributed by atoms with E-state index in [1.165, 1.54) is 23.5 Å². The highest BCUT2D eigenvalue weighted by Crippen LogP contribution is 2.24. The van der Waals surface area contributed by atoms with Gasteiger partial charge in [0.05, 0.1) is 17.8 Å². The van der Waals surface area contributed by atoms with E-state index < -0.39 is 0 Å². The number of anilines is 1. The monoisotopic (exact) mass is 438 g/mol. The smallest absolute Gasteiger partial charge is 0.230 e. The molecular formula is C17H12FIN2OS. The molecule has 0 unspecified atom stereocenters. The van der Waals surface area contributed by atoms with Gasteiger partial charge in [-0.25, -0.2) is 9.37 Å². The van der Waals surface area contributed by atoms with E-state index in [4.69, 9.17) is 0 Å². The average Bonchev–Trinajstić information content (AvgIpc) is 2.98. The fourth-order valence-electron chi connectivity index (χ4n) is 2.03. The number of rotatable bonds is 4. The van der Waals surface area contributed by atoms with Crippen LogP contribution in [0.25, 0.3) is 10.6 Å². The summed E-state index contributed by atoms with van der Waals surface area (Å²) < 4.78 is 13.9. The van der Waals surface area contributed by atoms with Crippen LogP contribution in [0.5, 0.6) is 0 Å². The number of hydrogen-bond donors (Lipinski definition) is 1. The highest BCUT2D eigenvalue weighted by atomic mass is 127. The minimum absolute atomic E-state index is 0.106. The Hall–Kier alpha value is -1.80. The first-order valence-electron chi connectivity index (χ1n) is 6.86. The Balaban J connectivity index is 1.68. The van der Waals surface area contributed by atoms with E-state index in [0.717, 1.165) is 19.8 Å². The second-order valence-electron chi connectivity index (χ2n) is 4.86. The van der Waals surface area contributed by atoms with Crippen molar-refractivity contribution >= 4 is 45.5 Å². The number of carbonyl (C=O) groups excluding carboxylic acids is 1. The molecule has 116 valence electrons. The maximum absolute atomic E-state index is 12.9. The van der Waals surface area contributed by atoms with Gasteiger partial charge in [-0.3, -0.25) is 4.79 Å². The molecule has 0 saturated carbocycles. The van der Waals surface area contributed by atoms with Crippen molar-refractivity contribution in [1.82, 2.24) is 4.98 Å². The van der Waals surface area contributed by atoms with Gasteiger partial charge < -0.3 is 5.32 Å². The second kappa shape index (κ2) is 7.18. The molecule has 23 heavy (non-hydrogen) atoms. The molecular weight excluding hydrogens is 426 g/mol. The first kappa shape index (κ1) is 16.1. The van der Waals surface area contributed by atoms with Crippen LogP contribution in [0.15, 0.2) is 53.9 Å². The van der Waals surface area contributed by atoms with Crippen LogP contribution in [-0.4, -0.2) is 10.9 Å². The van der Waals surface area contributed by atoms with Crippen molar-refractivity contribution in [2.75, 3.05) is 5.32 Å². The van der Waals surface area contributed by atoms with Gasteiger partial charge in [0.15, 0.2) is 0 Å². The maximum Gasteiger partial charge on any atom is 0.230 e. The van der Waals surface area contributed by atoms with Gasteiger partial charge in [-0.2, -0.15) is 0 Å². The predicted octanol–water partition coefficient (Wildman–Crippen LogP) is 4.74. The first-order valence-corrected chi connectivity index (χ1v) is 8.82. The van der Waals surface area contributed by atoms with Crippen LogP contribution < -0.4 is 5.32 Å². The number of thiazole rings is 1. The van der Waals surface area contributed by atoms with Crippen molar-refractivity contribution < 1.29 is 9.18 Å². The molecule has 1 aromatic heterocycles. The Morgan fingerprint density at radius 2 is 1.91 bits per heavy atom. The van der Waals surface area contributed by atoms with Gasteiger partial charge in [-0.15, -0.1) is 11.3 Å². The zero-order chi connectivity index (χ0) is 16.2. The predicted molar refractivity (Wildman–Crippen MR) is 99.0 cm³/mol. The fraction of sp³-hybridized carbons (Fsp3) is 0.0588. The van der Waals surface area contributed by atoms with Crippen LogP contribution in [0.2, 0.25) is 0 Å². The summed E-state index contributed by atoms with van der Waals surface area (Å²) in [5.41, 5.74) is 2.35. The molecule has 3 rings (SSSR count). The van der Waals surface area contributed by atoms with E-state index in [-0.39, 0.29) is 18.1 Å². The van der Waals surface area contributed by atoms with Crippen LogP contribution in [0.3, 0.4) is 0 Å². The van der Waals surface area contributed by atoms with Gasteiger partial charge in [0, 0.05) is 14.5 Å². The topological polar surface area (TPSA) is 42.0 Å². The molecule has 0 aliphatic rings. The molecule has 3 aromatic rings. The van der Waals surface area contributed by atoms with Gasteiger partial charge >= 0.3 is 0 Å². The molecule has 0 saturated heterocycles. The van der Waals surface area contributed by atoms with E-state index in [1.807, 2.05) is 29.6 Å². The molecule has 3 nitrogen and oxygen atoms in total. The lowest BCUT2D eigenvalue weighted by atomic mass is 10.2. The summed E-state index contributed by atoms with van der Waals surface area (Å²) in [6.07, 6.45) is 0.211. The molecule has 0 atom stereocenters. The summed E-state index contributed by atoms with van der Waals surface area (Å²) in [5.74, 6) is -0.382. The zero-order valence-corrected chi connectivity index (χ0v) is 14.9. The number of halogens is 2. The van der Waals surface area contributed by atoms with Gasteiger partial charge in [0.1, 0.15) is 10.8 Å². The highest BCUT2D eigenvalue weighted by Gasteiger charge is 2.10. The van der Waals surface area contributed by atoms with E-state index in [0.29, 0.717) is 5.69 Å². The maximum atomic E-state index is 12.9. The van der Waals surface area contributed by atoms with E-state index >= 15 is 0 Å². The second-order valence-corrected chi connectivity index (χ2v) is 6.88. The summed E-state index contributed by atoms with van der Waals surface area (Å²) in [5, 5.41) is 5.52. The molecule has 1 N–H and O–H groups in total. The van der Waals surface area contributed by atoms with Crippen LogP contribution in [0.4, 0.5) is 10.1 Å². The van der Waals surface area contributed by atoms with Gasteiger partial charge in [-0.05, 0) is 59.0 Å². The molecule has 0 spiro atoms. The van der Waals surface area contributed by atoms with Gasteiger partial charge in [0.2, 0.25) is 5.91 Å². The molecule has 2 aromatic carbocycles. The highest BCUT2D eigenvalue weighted by molar-refractivity contribution is 14.1. The van der Waals surface area contributed by atoms with Crippen molar-refractivity contribution in [3.63, 3.8) is 0 Å². The van der Waals surface area contributed by atoms with Crippen molar-refractivity contribution in [1.29, 1.82) is 0 Å². The first-order chi connectivity index (χ1) is 11.1. The average molecular weight is 438 g/mol. The van der Waals surface area contributed by atoms with Crippen molar-refractivity contribution in [2.45, 2.75) is 6.42 Å². The SMILES string of the molecule is O=C(Cc1csc(-c2ccc(F)cc2)n1)Nc1ccccc1I.